The highest BCUT2D eigenvalue weighted by atomic mass is 79.9. The largest absolute Gasteiger partial charge is 0.381 e. The lowest BCUT2D eigenvalue weighted by Gasteiger charge is -2.33. The molecule has 2 rings (SSSR count). The molecule has 0 spiro atoms. The second-order valence-electron chi connectivity index (χ2n) is 5.32. The van der Waals surface area contributed by atoms with Gasteiger partial charge in [-0.3, -0.25) is 0 Å². The van der Waals surface area contributed by atoms with Gasteiger partial charge in [-0.15, -0.1) is 0 Å². The molecule has 6 heteroatoms. The van der Waals surface area contributed by atoms with Gasteiger partial charge in [-0.25, -0.2) is 12.7 Å². The molecule has 1 aliphatic heterocycles. The van der Waals surface area contributed by atoms with Crippen LogP contribution < -0.4 is 0 Å². The van der Waals surface area contributed by atoms with Crippen LogP contribution in [0.2, 0.25) is 0 Å². The van der Waals surface area contributed by atoms with Gasteiger partial charge in [0.2, 0.25) is 10.0 Å². The lowest BCUT2D eigenvalue weighted by molar-refractivity contribution is 0.0563. The Morgan fingerprint density at radius 3 is 2.55 bits per heavy atom. The summed E-state index contributed by atoms with van der Waals surface area (Å²) >= 11 is 3.41. The van der Waals surface area contributed by atoms with Gasteiger partial charge in [0.25, 0.3) is 0 Å². The number of nitrogens with zero attached hydrogens (tertiary/aromatic N) is 1. The van der Waals surface area contributed by atoms with Crippen molar-refractivity contribution in [2.24, 2.45) is 5.92 Å². The van der Waals surface area contributed by atoms with E-state index in [2.05, 4.69) is 15.9 Å². The third kappa shape index (κ3) is 3.61. The SMILES string of the molecule is CN(C)S(=O)(=O)[C@H]1CCOC[C@@H]1Cc1ccc(Br)cc1. The number of halogens is 1. The van der Waals surface area contributed by atoms with Gasteiger partial charge < -0.3 is 4.74 Å². The van der Waals surface area contributed by atoms with Crippen LogP contribution in [0.1, 0.15) is 12.0 Å². The van der Waals surface area contributed by atoms with Crippen molar-refractivity contribution >= 4 is 26.0 Å². The zero-order chi connectivity index (χ0) is 14.8. The molecule has 1 aromatic carbocycles. The maximum absolute atomic E-state index is 12.4. The molecule has 0 aromatic heterocycles. The summed E-state index contributed by atoms with van der Waals surface area (Å²) in [4.78, 5) is 0. The van der Waals surface area contributed by atoms with E-state index in [0.29, 0.717) is 19.6 Å². The zero-order valence-corrected chi connectivity index (χ0v) is 14.2. The van der Waals surface area contributed by atoms with Crippen molar-refractivity contribution in [1.82, 2.24) is 4.31 Å². The summed E-state index contributed by atoms with van der Waals surface area (Å²) in [5.41, 5.74) is 1.14. The van der Waals surface area contributed by atoms with Crippen molar-refractivity contribution in [2.45, 2.75) is 18.1 Å². The van der Waals surface area contributed by atoms with Gasteiger partial charge in [-0.05, 0) is 30.5 Å². The first-order valence-electron chi connectivity index (χ1n) is 6.65. The minimum atomic E-state index is -3.23. The summed E-state index contributed by atoms with van der Waals surface area (Å²) in [6, 6.07) is 8.01. The molecule has 0 radical (unpaired) electrons. The fourth-order valence-corrected chi connectivity index (χ4v) is 4.41. The van der Waals surface area contributed by atoms with E-state index in [1.165, 1.54) is 4.31 Å². The van der Waals surface area contributed by atoms with E-state index in [-0.39, 0.29) is 11.2 Å². The van der Waals surface area contributed by atoms with Crippen LogP contribution in [0.25, 0.3) is 0 Å². The van der Waals surface area contributed by atoms with Crippen molar-refractivity contribution in [1.29, 1.82) is 0 Å². The first-order chi connectivity index (χ1) is 9.41. The molecule has 20 heavy (non-hydrogen) atoms. The molecule has 0 saturated carbocycles. The van der Waals surface area contributed by atoms with E-state index in [4.69, 9.17) is 4.74 Å². The number of hydrogen-bond acceptors (Lipinski definition) is 3. The van der Waals surface area contributed by atoms with Crippen LogP contribution in [0.4, 0.5) is 0 Å². The maximum atomic E-state index is 12.4. The topological polar surface area (TPSA) is 46.6 Å². The average Bonchev–Trinajstić information content (AvgIpc) is 2.41. The maximum Gasteiger partial charge on any atom is 0.216 e. The van der Waals surface area contributed by atoms with Crippen molar-refractivity contribution in [3.63, 3.8) is 0 Å². The van der Waals surface area contributed by atoms with E-state index in [9.17, 15) is 8.42 Å². The van der Waals surface area contributed by atoms with Gasteiger partial charge >= 0.3 is 0 Å². The van der Waals surface area contributed by atoms with Crippen molar-refractivity contribution in [3.8, 4) is 0 Å². The minimum absolute atomic E-state index is 0.0114. The smallest absolute Gasteiger partial charge is 0.216 e. The Labute approximate surface area is 129 Å². The molecule has 1 heterocycles. The molecule has 0 unspecified atom stereocenters. The fraction of sp³-hybridized carbons (Fsp3) is 0.571. The molecular weight excluding hydrogens is 342 g/mol. The van der Waals surface area contributed by atoms with Crippen LogP contribution in [0.5, 0.6) is 0 Å². The normalized spacial score (nSPS) is 24.0. The monoisotopic (exact) mass is 361 g/mol. The molecule has 112 valence electrons. The average molecular weight is 362 g/mol. The Hall–Kier alpha value is -0.430. The van der Waals surface area contributed by atoms with E-state index in [1.807, 2.05) is 24.3 Å². The highest BCUT2D eigenvalue weighted by Gasteiger charge is 2.37. The summed E-state index contributed by atoms with van der Waals surface area (Å²) in [5.74, 6) is 0.0114. The Balaban J connectivity index is 2.17. The Morgan fingerprint density at radius 1 is 1.30 bits per heavy atom. The summed E-state index contributed by atoms with van der Waals surface area (Å²) in [7, 11) is -0.0359. The third-order valence-corrected chi connectivity index (χ3v) is 6.64. The van der Waals surface area contributed by atoms with Crippen molar-refractivity contribution in [2.75, 3.05) is 27.3 Å². The van der Waals surface area contributed by atoms with Crippen molar-refractivity contribution in [3.05, 3.63) is 34.3 Å². The van der Waals surface area contributed by atoms with E-state index in [0.717, 1.165) is 16.5 Å². The van der Waals surface area contributed by atoms with Gasteiger partial charge in [0.1, 0.15) is 0 Å². The van der Waals surface area contributed by atoms with Crippen LogP contribution in [-0.4, -0.2) is 45.3 Å². The second-order valence-corrected chi connectivity index (χ2v) is 8.60. The Kier molecular flexibility index (Phi) is 5.23. The number of sulfonamides is 1. The van der Waals surface area contributed by atoms with Crippen molar-refractivity contribution < 1.29 is 13.2 Å². The molecule has 2 atom stereocenters. The fourth-order valence-electron chi connectivity index (χ4n) is 2.55. The summed E-state index contributed by atoms with van der Waals surface area (Å²) < 4.78 is 32.7. The number of rotatable bonds is 4. The molecule has 0 N–H and O–H groups in total. The van der Waals surface area contributed by atoms with Crippen LogP contribution in [0.15, 0.2) is 28.7 Å². The highest BCUT2D eigenvalue weighted by molar-refractivity contribution is 9.10. The standard InChI is InChI=1S/C14H20BrNO3S/c1-16(2)20(17,18)14-7-8-19-10-12(14)9-11-3-5-13(15)6-4-11/h3-6,12,14H,7-10H2,1-2H3/t12-,14-/m0/s1. The third-order valence-electron chi connectivity index (χ3n) is 3.71. The molecule has 0 bridgehead atoms. The molecule has 0 amide bonds. The van der Waals surface area contributed by atoms with Crippen LogP contribution >= 0.6 is 15.9 Å². The molecule has 1 fully saturated rings. The first-order valence-corrected chi connectivity index (χ1v) is 8.94. The summed E-state index contributed by atoms with van der Waals surface area (Å²) in [5, 5.41) is -0.352. The number of benzene rings is 1. The predicted molar refractivity (Wildman–Crippen MR) is 83.2 cm³/mol. The molecule has 1 aliphatic rings. The molecular formula is C14H20BrNO3S. The van der Waals surface area contributed by atoms with E-state index in [1.54, 1.807) is 14.1 Å². The molecule has 1 aromatic rings. The second kappa shape index (κ2) is 6.56. The minimum Gasteiger partial charge on any atom is -0.381 e. The van der Waals surface area contributed by atoms with Gasteiger partial charge in [-0.2, -0.15) is 0 Å². The number of ether oxygens (including phenoxy) is 1. The van der Waals surface area contributed by atoms with E-state index < -0.39 is 10.0 Å². The van der Waals surface area contributed by atoms with Gasteiger partial charge in [-0.1, -0.05) is 28.1 Å². The van der Waals surface area contributed by atoms with Gasteiger partial charge in [0.05, 0.1) is 11.9 Å². The summed E-state index contributed by atoms with van der Waals surface area (Å²) in [6.07, 6.45) is 1.30. The summed E-state index contributed by atoms with van der Waals surface area (Å²) in [6.45, 7) is 1.03. The molecule has 4 nitrogen and oxygen atoms in total. The van der Waals surface area contributed by atoms with Crippen LogP contribution in [-0.2, 0) is 21.2 Å². The quantitative estimate of drug-likeness (QED) is 0.826. The lowest BCUT2D eigenvalue weighted by Crippen LogP contribution is -2.44. The zero-order valence-electron chi connectivity index (χ0n) is 11.8. The lowest BCUT2D eigenvalue weighted by atomic mass is 9.94. The first kappa shape index (κ1) is 15.9. The molecule has 1 saturated heterocycles. The van der Waals surface area contributed by atoms with Crippen LogP contribution in [0.3, 0.4) is 0 Å². The van der Waals surface area contributed by atoms with Gasteiger partial charge in [0, 0.05) is 31.1 Å². The number of hydrogen-bond donors (Lipinski definition) is 0. The van der Waals surface area contributed by atoms with E-state index >= 15 is 0 Å². The predicted octanol–water partition coefficient (Wildman–Crippen LogP) is 2.29. The Morgan fingerprint density at radius 2 is 1.95 bits per heavy atom. The highest BCUT2D eigenvalue weighted by Crippen LogP contribution is 2.27. The molecule has 0 aliphatic carbocycles. The van der Waals surface area contributed by atoms with Gasteiger partial charge in [0.15, 0.2) is 0 Å². The Bertz CT molecular complexity index is 542. The van der Waals surface area contributed by atoms with Crippen LogP contribution in [0, 0.1) is 5.92 Å².